The molecule has 1 aromatic carbocycles. The highest BCUT2D eigenvalue weighted by Crippen LogP contribution is 2.21. The molecule has 1 aliphatic heterocycles. The molecule has 4 nitrogen and oxygen atoms in total. The fourth-order valence-electron chi connectivity index (χ4n) is 2.13. The maximum atomic E-state index is 12.0. The number of carbonyl (C=O) groups is 1. The van der Waals surface area contributed by atoms with Gasteiger partial charge in [-0.2, -0.15) is 0 Å². The van der Waals surface area contributed by atoms with Crippen molar-refractivity contribution in [1.82, 2.24) is 0 Å². The minimum atomic E-state index is -0.469. The molecule has 1 fully saturated rings. The molecule has 1 aromatic rings. The number of carbonyl (C=O) groups excluding carboxylic acids is 1. The molecule has 104 valence electrons. The molecule has 0 bridgehead atoms. The molecule has 2 atom stereocenters. The van der Waals surface area contributed by atoms with Gasteiger partial charge in [0.1, 0.15) is 0 Å². The number of ether oxygens (including phenoxy) is 2. The summed E-state index contributed by atoms with van der Waals surface area (Å²) in [5.41, 5.74) is 0.831. The summed E-state index contributed by atoms with van der Waals surface area (Å²) in [5.74, 6) is -0.274. The van der Waals surface area contributed by atoms with Gasteiger partial charge in [-0.05, 0) is 44.0 Å². The second-order valence-electron chi connectivity index (χ2n) is 4.43. The number of halogens is 1. The van der Waals surface area contributed by atoms with Crippen LogP contribution in [0.1, 0.15) is 19.8 Å². The van der Waals surface area contributed by atoms with E-state index in [9.17, 15) is 4.79 Å². The van der Waals surface area contributed by atoms with Gasteiger partial charge in [0.15, 0.2) is 6.04 Å². The van der Waals surface area contributed by atoms with Gasteiger partial charge in [-0.3, -0.25) is 0 Å². The van der Waals surface area contributed by atoms with Crippen molar-refractivity contribution in [3.05, 3.63) is 29.3 Å². The number of benzene rings is 1. The summed E-state index contributed by atoms with van der Waals surface area (Å²) in [6.07, 6.45) is 1.71. The monoisotopic (exact) mass is 283 g/mol. The van der Waals surface area contributed by atoms with Crippen molar-refractivity contribution in [1.29, 1.82) is 0 Å². The molecule has 2 unspecified atom stereocenters. The van der Waals surface area contributed by atoms with Crippen LogP contribution in [0.15, 0.2) is 24.3 Å². The Morgan fingerprint density at radius 3 is 2.84 bits per heavy atom. The lowest BCUT2D eigenvalue weighted by Crippen LogP contribution is -2.41. The molecule has 0 amide bonds. The van der Waals surface area contributed by atoms with Gasteiger partial charge >= 0.3 is 5.97 Å². The number of esters is 1. The SMILES string of the molecule is CCOC(=O)C(Nc1ccc(Cl)cc1)C1CCCO1. The number of hydrogen-bond acceptors (Lipinski definition) is 4. The van der Waals surface area contributed by atoms with Gasteiger partial charge in [-0.1, -0.05) is 11.6 Å². The summed E-state index contributed by atoms with van der Waals surface area (Å²) in [5, 5.41) is 3.84. The van der Waals surface area contributed by atoms with E-state index in [1.54, 1.807) is 19.1 Å². The smallest absolute Gasteiger partial charge is 0.331 e. The third-order valence-electron chi connectivity index (χ3n) is 3.04. The van der Waals surface area contributed by atoms with E-state index in [1.807, 2.05) is 12.1 Å². The molecule has 5 heteroatoms. The third kappa shape index (κ3) is 3.85. The molecular formula is C14H18ClNO3. The van der Waals surface area contributed by atoms with Crippen molar-refractivity contribution in [3.63, 3.8) is 0 Å². The predicted molar refractivity (Wildman–Crippen MR) is 74.5 cm³/mol. The number of nitrogens with one attached hydrogen (secondary N) is 1. The molecule has 2 rings (SSSR count). The molecule has 0 spiro atoms. The van der Waals surface area contributed by atoms with E-state index in [2.05, 4.69) is 5.32 Å². The standard InChI is InChI=1S/C14H18ClNO3/c1-2-18-14(17)13(12-4-3-9-19-12)16-11-7-5-10(15)6-8-11/h5-8,12-13,16H,2-4,9H2,1H3. The zero-order valence-electron chi connectivity index (χ0n) is 10.9. The lowest BCUT2D eigenvalue weighted by Gasteiger charge is -2.23. The Morgan fingerprint density at radius 2 is 2.26 bits per heavy atom. The molecule has 0 radical (unpaired) electrons. The fraction of sp³-hybridized carbons (Fsp3) is 0.500. The van der Waals surface area contributed by atoms with Crippen LogP contribution in [-0.2, 0) is 14.3 Å². The first kappa shape index (κ1) is 14.2. The molecule has 1 N–H and O–H groups in total. The largest absolute Gasteiger partial charge is 0.464 e. The van der Waals surface area contributed by atoms with E-state index in [4.69, 9.17) is 21.1 Å². The van der Waals surface area contributed by atoms with Crippen LogP contribution >= 0.6 is 11.6 Å². The van der Waals surface area contributed by atoms with Gasteiger partial charge in [0.2, 0.25) is 0 Å². The molecule has 0 aliphatic carbocycles. The maximum absolute atomic E-state index is 12.0. The zero-order chi connectivity index (χ0) is 13.7. The average Bonchev–Trinajstić information content (AvgIpc) is 2.92. The number of hydrogen-bond donors (Lipinski definition) is 1. The molecule has 1 aliphatic rings. The average molecular weight is 284 g/mol. The minimum absolute atomic E-state index is 0.130. The summed E-state index contributed by atoms with van der Waals surface area (Å²) < 4.78 is 10.7. The molecule has 0 saturated carbocycles. The second kappa shape index (κ2) is 6.78. The Hall–Kier alpha value is -1.26. The Labute approximate surface area is 118 Å². The second-order valence-corrected chi connectivity index (χ2v) is 4.87. The van der Waals surface area contributed by atoms with E-state index < -0.39 is 6.04 Å². The molecule has 1 saturated heterocycles. The predicted octanol–water partition coefficient (Wildman–Crippen LogP) is 2.86. The van der Waals surface area contributed by atoms with E-state index >= 15 is 0 Å². The Morgan fingerprint density at radius 1 is 1.53 bits per heavy atom. The number of anilines is 1. The van der Waals surface area contributed by atoms with Crippen LogP contribution in [0.25, 0.3) is 0 Å². The molecule has 0 aromatic heterocycles. The van der Waals surface area contributed by atoms with Gasteiger partial charge < -0.3 is 14.8 Å². The third-order valence-corrected chi connectivity index (χ3v) is 3.30. The van der Waals surface area contributed by atoms with E-state index in [0.29, 0.717) is 18.2 Å². The van der Waals surface area contributed by atoms with Crippen LogP contribution in [0.2, 0.25) is 5.02 Å². The zero-order valence-corrected chi connectivity index (χ0v) is 11.7. The highest BCUT2D eigenvalue weighted by molar-refractivity contribution is 6.30. The Kier molecular flexibility index (Phi) is 5.05. The van der Waals surface area contributed by atoms with Crippen LogP contribution in [-0.4, -0.2) is 31.3 Å². The Balaban J connectivity index is 2.08. The normalized spacial score (nSPS) is 20.0. The quantitative estimate of drug-likeness (QED) is 0.844. The van der Waals surface area contributed by atoms with Crippen molar-refractivity contribution in [2.24, 2.45) is 0 Å². The van der Waals surface area contributed by atoms with Crippen molar-refractivity contribution < 1.29 is 14.3 Å². The van der Waals surface area contributed by atoms with Crippen molar-refractivity contribution in [2.45, 2.75) is 31.9 Å². The first-order valence-corrected chi connectivity index (χ1v) is 6.89. The maximum Gasteiger partial charge on any atom is 0.331 e. The molecule has 1 heterocycles. The van der Waals surface area contributed by atoms with Crippen LogP contribution in [0, 0.1) is 0 Å². The summed E-state index contributed by atoms with van der Waals surface area (Å²) in [6, 6.07) is 6.76. The van der Waals surface area contributed by atoms with E-state index in [-0.39, 0.29) is 12.1 Å². The van der Waals surface area contributed by atoms with E-state index in [0.717, 1.165) is 18.5 Å². The van der Waals surface area contributed by atoms with Crippen molar-refractivity contribution >= 4 is 23.3 Å². The summed E-state index contributed by atoms with van der Waals surface area (Å²) in [7, 11) is 0. The number of rotatable bonds is 5. The lowest BCUT2D eigenvalue weighted by molar-refractivity contribution is -0.146. The van der Waals surface area contributed by atoms with Gasteiger partial charge in [0, 0.05) is 17.3 Å². The van der Waals surface area contributed by atoms with Gasteiger partial charge in [0.05, 0.1) is 12.7 Å². The summed E-state index contributed by atoms with van der Waals surface area (Å²) in [4.78, 5) is 12.0. The topological polar surface area (TPSA) is 47.6 Å². The fourth-order valence-corrected chi connectivity index (χ4v) is 2.25. The lowest BCUT2D eigenvalue weighted by atomic mass is 10.1. The first-order chi connectivity index (χ1) is 9.20. The van der Waals surface area contributed by atoms with E-state index in [1.165, 1.54) is 0 Å². The first-order valence-electron chi connectivity index (χ1n) is 6.51. The van der Waals surface area contributed by atoms with Gasteiger partial charge in [-0.15, -0.1) is 0 Å². The summed E-state index contributed by atoms with van der Waals surface area (Å²) >= 11 is 5.84. The van der Waals surface area contributed by atoms with Crippen LogP contribution < -0.4 is 5.32 Å². The van der Waals surface area contributed by atoms with Gasteiger partial charge in [0.25, 0.3) is 0 Å². The van der Waals surface area contributed by atoms with Crippen LogP contribution in [0.3, 0.4) is 0 Å². The van der Waals surface area contributed by atoms with Crippen LogP contribution in [0.4, 0.5) is 5.69 Å². The van der Waals surface area contributed by atoms with Crippen molar-refractivity contribution in [2.75, 3.05) is 18.5 Å². The highest BCUT2D eigenvalue weighted by atomic mass is 35.5. The highest BCUT2D eigenvalue weighted by Gasteiger charge is 2.32. The summed E-state index contributed by atoms with van der Waals surface area (Å²) in [6.45, 7) is 2.86. The van der Waals surface area contributed by atoms with Crippen molar-refractivity contribution in [3.8, 4) is 0 Å². The Bertz CT molecular complexity index is 415. The minimum Gasteiger partial charge on any atom is -0.464 e. The van der Waals surface area contributed by atoms with Crippen LogP contribution in [0.5, 0.6) is 0 Å². The van der Waals surface area contributed by atoms with Gasteiger partial charge in [-0.25, -0.2) is 4.79 Å². The molecule has 19 heavy (non-hydrogen) atoms. The molecular weight excluding hydrogens is 266 g/mol.